The smallest absolute Gasteiger partial charge is 0.241 e. The molecule has 3 nitrogen and oxygen atoms in total. The molecule has 1 amide bonds. The highest BCUT2D eigenvalue weighted by molar-refractivity contribution is 5.94. The average molecular weight is 278 g/mol. The Morgan fingerprint density at radius 1 is 1.21 bits per heavy atom. The Morgan fingerprint density at radius 3 is 2.11 bits per heavy atom. The van der Waals surface area contributed by atoms with Crippen LogP contribution in [0.25, 0.3) is 0 Å². The number of nitrogens with one attached hydrogen (secondary N) is 1. The normalized spacial score (nSPS) is 12.6. The van der Waals surface area contributed by atoms with Gasteiger partial charge in [0, 0.05) is 6.07 Å². The number of halogens is 4. The van der Waals surface area contributed by atoms with Gasteiger partial charge < -0.3 is 11.1 Å². The van der Waals surface area contributed by atoms with E-state index in [1.165, 1.54) is 0 Å². The van der Waals surface area contributed by atoms with Crippen molar-refractivity contribution >= 4 is 11.6 Å². The van der Waals surface area contributed by atoms with Crippen molar-refractivity contribution in [1.29, 1.82) is 0 Å². The van der Waals surface area contributed by atoms with Gasteiger partial charge in [-0.25, -0.2) is 17.6 Å². The highest BCUT2D eigenvalue weighted by Gasteiger charge is 2.23. The van der Waals surface area contributed by atoms with Crippen molar-refractivity contribution in [2.75, 3.05) is 5.32 Å². The zero-order valence-corrected chi connectivity index (χ0v) is 10.4. The minimum Gasteiger partial charge on any atom is -0.320 e. The summed E-state index contributed by atoms with van der Waals surface area (Å²) in [5, 5.41) is 1.77. The van der Waals surface area contributed by atoms with E-state index in [-0.39, 0.29) is 18.4 Å². The Balaban J connectivity index is 2.97. The molecule has 0 saturated carbocycles. The molecule has 0 aromatic heterocycles. The predicted molar refractivity (Wildman–Crippen MR) is 62.3 cm³/mol. The molecule has 0 saturated heterocycles. The summed E-state index contributed by atoms with van der Waals surface area (Å²) in [5.74, 6) is -7.33. The molecular weight excluding hydrogens is 264 g/mol. The van der Waals surface area contributed by atoms with Gasteiger partial charge >= 0.3 is 0 Å². The number of nitrogens with two attached hydrogens (primary N) is 1. The van der Waals surface area contributed by atoms with Crippen LogP contribution >= 0.6 is 0 Å². The zero-order valence-electron chi connectivity index (χ0n) is 10.4. The summed E-state index contributed by atoms with van der Waals surface area (Å²) in [6.07, 6.45) is 0.271. The van der Waals surface area contributed by atoms with Gasteiger partial charge in [-0.1, -0.05) is 13.8 Å². The van der Waals surface area contributed by atoms with Gasteiger partial charge in [0.25, 0.3) is 0 Å². The first-order valence-corrected chi connectivity index (χ1v) is 5.63. The van der Waals surface area contributed by atoms with Gasteiger partial charge in [0.05, 0.1) is 6.04 Å². The van der Waals surface area contributed by atoms with Gasteiger partial charge in [-0.15, -0.1) is 0 Å². The zero-order chi connectivity index (χ0) is 14.7. The van der Waals surface area contributed by atoms with Crippen molar-refractivity contribution in [1.82, 2.24) is 0 Å². The van der Waals surface area contributed by atoms with E-state index >= 15 is 0 Å². The van der Waals surface area contributed by atoms with Crippen LogP contribution in [0.15, 0.2) is 6.07 Å². The summed E-state index contributed by atoms with van der Waals surface area (Å²) in [6, 6.07) is -0.959. The molecule has 106 valence electrons. The quantitative estimate of drug-likeness (QED) is 0.657. The first-order chi connectivity index (χ1) is 8.73. The molecule has 1 aromatic carbocycles. The predicted octanol–water partition coefficient (Wildman–Crippen LogP) is 2.55. The number of hydrogen-bond acceptors (Lipinski definition) is 2. The van der Waals surface area contributed by atoms with Crippen LogP contribution in [0.4, 0.5) is 23.2 Å². The van der Waals surface area contributed by atoms with E-state index in [4.69, 9.17) is 5.73 Å². The number of benzene rings is 1. The molecular formula is C12H14F4N2O. The van der Waals surface area contributed by atoms with Crippen LogP contribution in [-0.2, 0) is 4.79 Å². The topological polar surface area (TPSA) is 55.1 Å². The van der Waals surface area contributed by atoms with E-state index in [1.54, 1.807) is 19.2 Å². The third-order valence-electron chi connectivity index (χ3n) is 2.42. The van der Waals surface area contributed by atoms with Gasteiger partial charge in [-0.2, -0.15) is 0 Å². The molecule has 0 spiro atoms. The lowest BCUT2D eigenvalue weighted by molar-refractivity contribution is -0.117. The number of amides is 1. The maximum absolute atomic E-state index is 13.3. The monoisotopic (exact) mass is 278 g/mol. The average Bonchev–Trinajstić information content (AvgIpc) is 2.31. The minimum absolute atomic E-state index is 0.0639. The number of hydrogen-bond donors (Lipinski definition) is 2. The Morgan fingerprint density at radius 2 is 1.68 bits per heavy atom. The first-order valence-electron chi connectivity index (χ1n) is 5.63. The molecule has 0 unspecified atom stereocenters. The summed E-state index contributed by atoms with van der Waals surface area (Å²) >= 11 is 0. The maximum Gasteiger partial charge on any atom is 0.241 e. The van der Waals surface area contributed by atoms with Crippen molar-refractivity contribution in [3.63, 3.8) is 0 Å². The second-order valence-corrected chi connectivity index (χ2v) is 4.57. The van der Waals surface area contributed by atoms with E-state index in [0.29, 0.717) is 0 Å². The minimum atomic E-state index is -1.66. The third-order valence-corrected chi connectivity index (χ3v) is 2.42. The van der Waals surface area contributed by atoms with E-state index in [0.717, 1.165) is 0 Å². The maximum atomic E-state index is 13.3. The van der Waals surface area contributed by atoms with Crippen molar-refractivity contribution < 1.29 is 22.4 Å². The Labute approximate surface area is 107 Å². The standard InChI is InChI=1S/C12H14F4N2O/c1-5(2)3-8(17)12(19)18-11-9(15)6(13)4-7(14)10(11)16/h4-5,8H,3,17H2,1-2H3,(H,18,19)/t8-/m0/s1. The molecule has 0 heterocycles. The molecule has 0 bridgehead atoms. The summed E-state index contributed by atoms with van der Waals surface area (Å²) in [5.41, 5.74) is 4.33. The van der Waals surface area contributed by atoms with Crippen LogP contribution in [0.5, 0.6) is 0 Å². The second kappa shape index (κ2) is 6.01. The van der Waals surface area contributed by atoms with Crippen molar-refractivity contribution in [2.24, 2.45) is 11.7 Å². The molecule has 7 heteroatoms. The molecule has 1 aromatic rings. The SMILES string of the molecule is CC(C)C[C@H](N)C(=O)Nc1c(F)c(F)cc(F)c1F. The number of anilines is 1. The van der Waals surface area contributed by atoms with E-state index in [9.17, 15) is 22.4 Å². The molecule has 0 radical (unpaired) electrons. The van der Waals surface area contributed by atoms with Crippen LogP contribution in [-0.4, -0.2) is 11.9 Å². The Hall–Kier alpha value is -1.63. The van der Waals surface area contributed by atoms with E-state index < -0.39 is 40.9 Å². The van der Waals surface area contributed by atoms with Crippen molar-refractivity contribution in [3.8, 4) is 0 Å². The van der Waals surface area contributed by atoms with Crippen LogP contribution in [0.2, 0.25) is 0 Å². The molecule has 0 aliphatic heterocycles. The highest BCUT2D eigenvalue weighted by atomic mass is 19.2. The van der Waals surface area contributed by atoms with E-state index in [2.05, 4.69) is 0 Å². The van der Waals surface area contributed by atoms with Crippen LogP contribution < -0.4 is 11.1 Å². The number of rotatable bonds is 4. The van der Waals surface area contributed by atoms with Crippen LogP contribution in [0.1, 0.15) is 20.3 Å². The number of carbonyl (C=O) groups excluding carboxylic acids is 1. The van der Waals surface area contributed by atoms with Crippen LogP contribution in [0.3, 0.4) is 0 Å². The van der Waals surface area contributed by atoms with Gasteiger partial charge in [0.1, 0.15) is 5.69 Å². The molecule has 0 aliphatic rings. The van der Waals surface area contributed by atoms with Gasteiger partial charge in [-0.05, 0) is 12.3 Å². The third kappa shape index (κ3) is 3.66. The lowest BCUT2D eigenvalue weighted by Crippen LogP contribution is -2.37. The molecule has 1 atom stereocenters. The van der Waals surface area contributed by atoms with Crippen molar-refractivity contribution in [2.45, 2.75) is 26.3 Å². The fraction of sp³-hybridized carbons (Fsp3) is 0.417. The molecule has 1 rings (SSSR count). The second-order valence-electron chi connectivity index (χ2n) is 4.57. The first kappa shape index (κ1) is 15.4. The van der Waals surface area contributed by atoms with Gasteiger partial charge in [-0.3, -0.25) is 4.79 Å². The van der Waals surface area contributed by atoms with Crippen molar-refractivity contribution in [3.05, 3.63) is 29.3 Å². The molecule has 0 fully saturated rings. The lowest BCUT2D eigenvalue weighted by atomic mass is 10.0. The summed E-state index contributed by atoms with van der Waals surface area (Å²) in [4.78, 5) is 11.6. The molecule has 0 aliphatic carbocycles. The Bertz CT molecular complexity index is 465. The summed E-state index contributed by atoms with van der Waals surface area (Å²) in [6.45, 7) is 3.60. The highest BCUT2D eigenvalue weighted by Crippen LogP contribution is 2.24. The fourth-order valence-electron chi connectivity index (χ4n) is 1.51. The fourth-order valence-corrected chi connectivity index (χ4v) is 1.51. The number of carbonyl (C=O) groups is 1. The van der Waals surface area contributed by atoms with Gasteiger partial charge in [0.15, 0.2) is 23.3 Å². The molecule has 3 N–H and O–H groups in total. The van der Waals surface area contributed by atoms with Gasteiger partial charge in [0.2, 0.25) is 5.91 Å². The Kier molecular flexibility index (Phi) is 4.88. The summed E-state index contributed by atoms with van der Waals surface area (Å²) in [7, 11) is 0. The largest absolute Gasteiger partial charge is 0.320 e. The van der Waals surface area contributed by atoms with Crippen LogP contribution in [0, 0.1) is 29.2 Å². The summed E-state index contributed by atoms with van der Waals surface area (Å²) < 4.78 is 52.4. The molecule has 19 heavy (non-hydrogen) atoms. The van der Waals surface area contributed by atoms with E-state index in [1.807, 2.05) is 0 Å². The lowest BCUT2D eigenvalue weighted by Gasteiger charge is -2.15.